The van der Waals surface area contributed by atoms with E-state index < -0.39 is 5.60 Å². The molecule has 0 aliphatic carbocycles. The molecule has 3 rings (SSSR count). The highest BCUT2D eigenvalue weighted by molar-refractivity contribution is 14.1. The number of hydrogen-bond donors (Lipinski definition) is 1. The molecule has 1 fully saturated rings. The lowest BCUT2D eigenvalue weighted by Gasteiger charge is -2.36. The molecule has 0 aromatic heterocycles. The number of carbonyl (C=O) groups is 2. The summed E-state index contributed by atoms with van der Waals surface area (Å²) in [5.41, 5.74) is 1.79. The largest absolute Gasteiger partial charge is 0.496 e. The molecule has 7 nitrogen and oxygen atoms in total. The Hall–Kier alpha value is -2.49. The Morgan fingerprint density at radius 1 is 1.00 bits per heavy atom. The Labute approximate surface area is 196 Å². The van der Waals surface area contributed by atoms with Gasteiger partial charge < -0.3 is 24.6 Å². The van der Waals surface area contributed by atoms with Crippen LogP contribution in [0.15, 0.2) is 42.5 Å². The molecule has 1 N–H and O–H groups in total. The molecule has 1 saturated heterocycles. The third-order valence-electron chi connectivity index (χ3n) is 4.84. The summed E-state index contributed by atoms with van der Waals surface area (Å²) in [4.78, 5) is 28.9. The second-order valence-electron chi connectivity index (χ2n) is 8.27. The van der Waals surface area contributed by atoms with E-state index in [-0.39, 0.29) is 12.0 Å². The van der Waals surface area contributed by atoms with Crippen molar-refractivity contribution in [3.63, 3.8) is 0 Å². The van der Waals surface area contributed by atoms with Gasteiger partial charge in [-0.25, -0.2) is 4.79 Å². The van der Waals surface area contributed by atoms with Crippen molar-refractivity contribution in [2.75, 3.05) is 43.5 Å². The van der Waals surface area contributed by atoms with Crippen molar-refractivity contribution in [2.45, 2.75) is 26.4 Å². The third kappa shape index (κ3) is 6.03. The van der Waals surface area contributed by atoms with Crippen molar-refractivity contribution in [3.8, 4) is 5.75 Å². The first-order valence-electron chi connectivity index (χ1n) is 10.1. The number of nitrogens with zero attached hydrogens (tertiary/aromatic N) is 2. The number of rotatable bonds is 4. The molecule has 0 saturated carbocycles. The fraction of sp³-hybridized carbons (Fsp3) is 0.391. The summed E-state index contributed by atoms with van der Waals surface area (Å²) in [7, 11) is 1.56. The third-order valence-corrected chi connectivity index (χ3v) is 5.74. The van der Waals surface area contributed by atoms with Gasteiger partial charge in [-0.15, -0.1) is 0 Å². The van der Waals surface area contributed by atoms with Crippen molar-refractivity contribution >= 4 is 46.0 Å². The minimum Gasteiger partial charge on any atom is -0.496 e. The zero-order valence-corrected chi connectivity index (χ0v) is 20.4. The number of hydrogen-bond acceptors (Lipinski definition) is 5. The van der Waals surface area contributed by atoms with Crippen molar-refractivity contribution < 1.29 is 19.1 Å². The predicted molar refractivity (Wildman–Crippen MR) is 130 cm³/mol. The van der Waals surface area contributed by atoms with Crippen molar-refractivity contribution in [2.24, 2.45) is 0 Å². The van der Waals surface area contributed by atoms with E-state index in [0.29, 0.717) is 30.1 Å². The molecule has 1 heterocycles. The highest BCUT2D eigenvalue weighted by Gasteiger charge is 2.26. The van der Waals surface area contributed by atoms with Crippen molar-refractivity contribution in [3.05, 3.63) is 51.6 Å². The van der Waals surface area contributed by atoms with Gasteiger partial charge in [-0.05, 0) is 79.8 Å². The van der Waals surface area contributed by atoms with Gasteiger partial charge in [-0.3, -0.25) is 4.79 Å². The molecule has 0 spiro atoms. The van der Waals surface area contributed by atoms with E-state index in [0.717, 1.165) is 22.3 Å². The summed E-state index contributed by atoms with van der Waals surface area (Å²) >= 11 is 2.13. The highest BCUT2D eigenvalue weighted by atomic mass is 127. The zero-order valence-electron chi connectivity index (χ0n) is 18.3. The summed E-state index contributed by atoms with van der Waals surface area (Å²) in [5.74, 6) is 0.337. The molecular formula is C23H28IN3O4. The molecule has 0 unspecified atom stereocenters. The van der Waals surface area contributed by atoms with Crippen LogP contribution in [0.3, 0.4) is 0 Å². The van der Waals surface area contributed by atoms with Crippen LogP contribution in [0, 0.1) is 3.57 Å². The number of piperazine rings is 1. The second kappa shape index (κ2) is 9.76. The number of halogens is 1. The van der Waals surface area contributed by atoms with E-state index in [4.69, 9.17) is 9.47 Å². The normalized spacial score (nSPS) is 14.2. The van der Waals surface area contributed by atoms with Gasteiger partial charge in [0.05, 0.1) is 12.7 Å². The van der Waals surface area contributed by atoms with Crippen LogP contribution < -0.4 is 15.0 Å². The van der Waals surface area contributed by atoms with Crippen LogP contribution in [-0.4, -0.2) is 55.8 Å². The zero-order chi connectivity index (χ0) is 22.6. The first-order valence-corrected chi connectivity index (χ1v) is 11.2. The Balaban J connectivity index is 1.59. The van der Waals surface area contributed by atoms with Crippen LogP contribution in [0.25, 0.3) is 0 Å². The number of benzene rings is 2. The molecule has 2 amide bonds. The number of methoxy groups -OCH3 is 1. The summed E-state index contributed by atoms with van der Waals surface area (Å²) < 4.78 is 11.6. The molecule has 166 valence electrons. The molecule has 2 aromatic rings. The van der Waals surface area contributed by atoms with Crippen LogP contribution in [0.4, 0.5) is 16.2 Å². The Morgan fingerprint density at radius 3 is 2.23 bits per heavy atom. The topological polar surface area (TPSA) is 71.1 Å². The molecular weight excluding hydrogens is 509 g/mol. The molecule has 8 heteroatoms. The molecule has 2 aromatic carbocycles. The van der Waals surface area contributed by atoms with E-state index in [1.54, 1.807) is 18.1 Å². The fourth-order valence-corrected chi connectivity index (χ4v) is 4.04. The molecule has 1 aliphatic heterocycles. The standard InChI is InChI=1S/C23H28IN3O4/c1-23(2,3)31-22(29)27-14-12-26(13-15-27)17-10-8-16(9-11-17)25-21(28)20-18(24)6-5-7-19(20)30-4/h5-11H,12-15H2,1-4H3,(H,25,28). The van der Waals surface area contributed by atoms with E-state index in [1.807, 2.05) is 57.2 Å². The smallest absolute Gasteiger partial charge is 0.410 e. The average molecular weight is 537 g/mol. The number of anilines is 2. The van der Waals surface area contributed by atoms with E-state index in [1.165, 1.54) is 0 Å². The minimum absolute atomic E-state index is 0.208. The van der Waals surface area contributed by atoms with Gasteiger partial charge in [0.15, 0.2) is 0 Å². The lowest BCUT2D eigenvalue weighted by atomic mass is 10.1. The maximum Gasteiger partial charge on any atom is 0.410 e. The van der Waals surface area contributed by atoms with Crippen LogP contribution >= 0.6 is 22.6 Å². The van der Waals surface area contributed by atoms with Crippen LogP contribution in [0.5, 0.6) is 5.75 Å². The quantitative estimate of drug-likeness (QED) is 0.578. The first kappa shape index (κ1) is 23.2. The van der Waals surface area contributed by atoms with E-state index >= 15 is 0 Å². The summed E-state index contributed by atoms with van der Waals surface area (Å²) in [6.45, 7) is 8.29. The summed E-state index contributed by atoms with van der Waals surface area (Å²) in [6, 6.07) is 13.2. The SMILES string of the molecule is COc1cccc(I)c1C(=O)Nc1ccc(N2CCN(C(=O)OC(C)(C)C)CC2)cc1. The number of nitrogens with one attached hydrogen (secondary N) is 1. The predicted octanol–water partition coefficient (Wildman–Crippen LogP) is 4.61. The van der Waals surface area contributed by atoms with Crippen molar-refractivity contribution in [1.29, 1.82) is 0 Å². The van der Waals surface area contributed by atoms with E-state index in [2.05, 4.69) is 32.8 Å². The van der Waals surface area contributed by atoms with Crippen molar-refractivity contribution in [1.82, 2.24) is 4.90 Å². The molecule has 1 aliphatic rings. The van der Waals surface area contributed by atoms with Gasteiger partial charge in [0.25, 0.3) is 5.91 Å². The van der Waals surface area contributed by atoms with Crippen LogP contribution in [0.2, 0.25) is 0 Å². The fourth-order valence-electron chi connectivity index (χ4n) is 3.32. The molecule has 0 radical (unpaired) electrons. The van der Waals surface area contributed by atoms with Gasteiger partial charge >= 0.3 is 6.09 Å². The molecule has 31 heavy (non-hydrogen) atoms. The Morgan fingerprint density at radius 2 is 1.65 bits per heavy atom. The van der Waals surface area contributed by atoms with Gasteiger partial charge in [0, 0.05) is 41.1 Å². The minimum atomic E-state index is -0.490. The maximum atomic E-state index is 12.7. The average Bonchev–Trinajstić information content (AvgIpc) is 2.73. The number of carbonyl (C=O) groups excluding carboxylic acids is 2. The lowest BCUT2D eigenvalue weighted by Crippen LogP contribution is -2.50. The highest BCUT2D eigenvalue weighted by Crippen LogP contribution is 2.26. The molecule has 0 atom stereocenters. The lowest BCUT2D eigenvalue weighted by molar-refractivity contribution is 0.0240. The monoisotopic (exact) mass is 537 g/mol. The maximum absolute atomic E-state index is 12.7. The number of amides is 2. The van der Waals surface area contributed by atoms with E-state index in [9.17, 15) is 9.59 Å². The second-order valence-corrected chi connectivity index (χ2v) is 9.43. The van der Waals surface area contributed by atoms with Gasteiger partial charge in [-0.1, -0.05) is 6.07 Å². The molecule has 0 bridgehead atoms. The van der Waals surface area contributed by atoms with Gasteiger partial charge in [0.1, 0.15) is 11.4 Å². The Bertz CT molecular complexity index is 933. The van der Waals surface area contributed by atoms with Crippen LogP contribution in [0.1, 0.15) is 31.1 Å². The van der Waals surface area contributed by atoms with Gasteiger partial charge in [0.2, 0.25) is 0 Å². The Kier molecular flexibility index (Phi) is 7.30. The number of ether oxygens (including phenoxy) is 2. The summed E-state index contributed by atoms with van der Waals surface area (Å²) in [6.07, 6.45) is -0.267. The van der Waals surface area contributed by atoms with Crippen LogP contribution in [-0.2, 0) is 4.74 Å². The summed E-state index contributed by atoms with van der Waals surface area (Å²) in [5, 5.41) is 2.94. The first-order chi connectivity index (χ1) is 14.7. The van der Waals surface area contributed by atoms with Gasteiger partial charge in [-0.2, -0.15) is 0 Å².